The maximum atomic E-state index is 6.25. The van der Waals surface area contributed by atoms with Crippen molar-refractivity contribution in [3.05, 3.63) is 17.7 Å². The Morgan fingerprint density at radius 3 is 2.30 bits per heavy atom. The molecule has 110 valence electrons. The van der Waals surface area contributed by atoms with Gasteiger partial charge in [0.2, 0.25) is 0 Å². The van der Waals surface area contributed by atoms with E-state index in [1.54, 1.807) is 14.2 Å². The van der Waals surface area contributed by atoms with Crippen LogP contribution in [-0.4, -0.2) is 32.8 Å². The van der Waals surface area contributed by atoms with E-state index in [0.717, 1.165) is 55.1 Å². The van der Waals surface area contributed by atoms with Gasteiger partial charge < -0.3 is 20.1 Å². The minimum absolute atomic E-state index is 0.0204. The first-order valence-electron chi connectivity index (χ1n) is 7.44. The second-order valence-corrected chi connectivity index (χ2v) is 6.07. The number of anilines is 1. The van der Waals surface area contributed by atoms with Crippen molar-refractivity contribution >= 4 is 5.69 Å². The predicted octanol–water partition coefficient (Wildman–Crippen LogP) is 2.34. The van der Waals surface area contributed by atoms with Crippen molar-refractivity contribution in [2.75, 3.05) is 32.2 Å². The molecular weight excluding hydrogens is 252 g/mol. The predicted molar refractivity (Wildman–Crippen MR) is 80.8 cm³/mol. The highest BCUT2D eigenvalue weighted by Gasteiger charge is 2.39. The maximum absolute atomic E-state index is 6.25. The van der Waals surface area contributed by atoms with Gasteiger partial charge in [-0.15, -0.1) is 0 Å². The zero-order valence-electron chi connectivity index (χ0n) is 12.4. The summed E-state index contributed by atoms with van der Waals surface area (Å²) in [6, 6.07) is 4.23. The largest absolute Gasteiger partial charge is 0.496 e. The van der Waals surface area contributed by atoms with Crippen LogP contribution < -0.4 is 20.1 Å². The van der Waals surface area contributed by atoms with Gasteiger partial charge in [-0.1, -0.05) is 0 Å². The lowest BCUT2D eigenvalue weighted by Gasteiger charge is -2.23. The van der Waals surface area contributed by atoms with E-state index in [1.165, 1.54) is 12.8 Å². The van der Waals surface area contributed by atoms with Crippen molar-refractivity contribution in [2.45, 2.75) is 37.6 Å². The number of nitrogens with two attached hydrogens (primary N) is 1. The van der Waals surface area contributed by atoms with Gasteiger partial charge in [0.15, 0.2) is 0 Å². The summed E-state index contributed by atoms with van der Waals surface area (Å²) in [4.78, 5) is 2.38. The Morgan fingerprint density at radius 1 is 1.10 bits per heavy atom. The molecule has 0 spiro atoms. The van der Waals surface area contributed by atoms with E-state index < -0.39 is 0 Å². The Balaban J connectivity index is 1.94. The third-order valence-corrected chi connectivity index (χ3v) is 4.46. The molecule has 0 bridgehead atoms. The molecule has 1 aromatic carbocycles. The number of methoxy groups -OCH3 is 2. The zero-order chi connectivity index (χ0) is 14.2. The number of hydrogen-bond donors (Lipinski definition) is 1. The van der Waals surface area contributed by atoms with E-state index in [0.29, 0.717) is 0 Å². The third-order valence-electron chi connectivity index (χ3n) is 4.46. The Morgan fingerprint density at radius 2 is 1.75 bits per heavy atom. The lowest BCUT2D eigenvalue weighted by Crippen LogP contribution is -2.25. The molecule has 0 radical (unpaired) electrons. The van der Waals surface area contributed by atoms with Gasteiger partial charge in [-0.2, -0.15) is 0 Å². The van der Waals surface area contributed by atoms with Crippen LogP contribution in [0.5, 0.6) is 11.5 Å². The number of rotatable bonds is 5. The van der Waals surface area contributed by atoms with Gasteiger partial charge in [-0.05, 0) is 43.7 Å². The quantitative estimate of drug-likeness (QED) is 0.896. The van der Waals surface area contributed by atoms with Crippen LogP contribution in [-0.2, 0) is 6.42 Å². The van der Waals surface area contributed by atoms with Crippen LogP contribution in [0.15, 0.2) is 12.1 Å². The average Bonchev–Trinajstić information content (AvgIpc) is 2.95. The minimum Gasteiger partial charge on any atom is -0.496 e. The summed E-state index contributed by atoms with van der Waals surface area (Å²) in [7, 11) is 3.47. The molecule has 0 unspecified atom stereocenters. The van der Waals surface area contributed by atoms with Crippen LogP contribution in [0.2, 0.25) is 0 Å². The van der Waals surface area contributed by atoms with Crippen LogP contribution >= 0.6 is 0 Å². The van der Waals surface area contributed by atoms with Crippen LogP contribution in [0.4, 0.5) is 5.69 Å². The molecule has 1 heterocycles. The van der Waals surface area contributed by atoms with E-state index in [-0.39, 0.29) is 5.54 Å². The summed E-state index contributed by atoms with van der Waals surface area (Å²) in [6.45, 7) is 2.19. The molecule has 1 saturated carbocycles. The van der Waals surface area contributed by atoms with Crippen molar-refractivity contribution in [3.63, 3.8) is 0 Å². The van der Waals surface area contributed by atoms with Crippen LogP contribution in [0.1, 0.15) is 31.2 Å². The monoisotopic (exact) mass is 276 g/mol. The molecule has 1 saturated heterocycles. The Kier molecular flexibility index (Phi) is 3.50. The van der Waals surface area contributed by atoms with E-state index in [2.05, 4.69) is 17.0 Å². The number of hydrogen-bond acceptors (Lipinski definition) is 4. The summed E-state index contributed by atoms with van der Waals surface area (Å²) in [5, 5.41) is 0. The van der Waals surface area contributed by atoms with Crippen LogP contribution in [0.25, 0.3) is 0 Å². The highest BCUT2D eigenvalue weighted by molar-refractivity contribution is 5.64. The maximum Gasteiger partial charge on any atom is 0.142 e. The van der Waals surface area contributed by atoms with Gasteiger partial charge in [0.05, 0.1) is 19.9 Å². The minimum atomic E-state index is -0.0204. The molecule has 2 fully saturated rings. The van der Waals surface area contributed by atoms with Crippen molar-refractivity contribution in [1.82, 2.24) is 0 Å². The van der Waals surface area contributed by atoms with Gasteiger partial charge in [-0.3, -0.25) is 0 Å². The lowest BCUT2D eigenvalue weighted by molar-refractivity contribution is 0.397. The molecular formula is C16H24N2O2. The molecule has 1 aliphatic heterocycles. The number of nitrogens with zero attached hydrogens (tertiary/aromatic N) is 1. The fraction of sp³-hybridized carbons (Fsp3) is 0.625. The molecule has 2 N–H and O–H groups in total. The molecule has 3 rings (SSSR count). The van der Waals surface area contributed by atoms with Gasteiger partial charge in [0.25, 0.3) is 0 Å². The fourth-order valence-corrected chi connectivity index (χ4v) is 3.00. The Bertz CT molecular complexity index is 491. The normalized spacial score (nSPS) is 20.1. The number of benzene rings is 1. The van der Waals surface area contributed by atoms with E-state index in [4.69, 9.17) is 15.2 Å². The van der Waals surface area contributed by atoms with Crippen molar-refractivity contribution in [2.24, 2.45) is 5.73 Å². The summed E-state index contributed by atoms with van der Waals surface area (Å²) in [5.74, 6) is 1.87. The SMILES string of the molecule is COc1cc(N2CCCC2)c(OC)cc1CC1(N)CC1. The molecule has 0 aromatic heterocycles. The summed E-state index contributed by atoms with van der Waals surface area (Å²) in [5.41, 5.74) is 8.53. The second kappa shape index (κ2) is 5.17. The molecule has 20 heavy (non-hydrogen) atoms. The van der Waals surface area contributed by atoms with Gasteiger partial charge >= 0.3 is 0 Å². The van der Waals surface area contributed by atoms with E-state index in [9.17, 15) is 0 Å². The van der Waals surface area contributed by atoms with Crippen molar-refractivity contribution in [3.8, 4) is 11.5 Å². The number of ether oxygens (including phenoxy) is 2. The average molecular weight is 276 g/mol. The molecule has 0 amide bonds. The highest BCUT2D eigenvalue weighted by atomic mass is 16.5. The molecule has 0 atom stereocenters. The van der Waals surface area contributed by atoms with Crippen LogP contribution in [0.3, 0.4) is 0 Å². The van der Waals surface area contributed by atoms with Gasteiger partial charge in [0.1, 0.15) is 11.5 Å². The summed E-state index contributed by atoms with van der Waals surface area (Å²) in [6.07, 6.45) is 5.57. The van der Waals surface area contributed by atoms with Crippen molar-refractivity contribution in [1.29, 1.82) is 0 Å². The Hall–Kier alpha value is -1.42. The smallest absolute Gasteiger partial charge is 0.142 e. The molecule has 4 nitrogen and oxygen atoms in total. The molecule has 1 aliphatic carbocycles. The summed E-state index contributed by atoms with van der Waals surface area (Å²) >= 11 is 0. The third kappa shape index (κ3) is 2.57. The standard InChI is InChI=1S/C16H24N2O2/c1-19-14-10-13(18-7-3-4-8-18)15(20-2)9-12(14)11-16(17)5-6-16/h9-10H,3-8,11,17H2,1-2H3. The lowest BCUT2D eigenvalue weighted by atomic mass is 10.0. The van der Waals surface area contributed by atoms with Crippen LogP contribution in [0, 0.1) is 0 Å². The van der Waals surface area contributed by atoms with Gasteiger partial charge in [0, 0.05) is 24.7 Å². The van der Waals surface area contributed by atoms with Gasteiger partial charge in [-0.25, -0.2) is 0 Å². The zero-order valence-corrected chi connectivity index (χ0v) is 12.4. The van der Waals surface area contributed by atoms with Crippen molar-refractivity contribution < 1.29 is 9.47 Å². The summed E-state index contributed by atoms with van der Waals surface area (Å²) < 4.78 is 11.2. The van der Waals surface area contributed by atoms with E-state index >= 15 is 0 Å². The first-order valence-corrected chi connectivity index (χ1v) is 7.44. The molecule has 4 heteroatoms. The highest BCUT2D eigenvalue weighted by Crippen LogP contribution is 2.42. The topological polar surface area (TPSA) is 47.7 Å². The fourth-order valence-electron chi connectivity index (χ4n) is 3.00. The first-order chi connectivity index (χ1) is 9.65. The molecule has 1 aromatic rings. The second-order valence-electron chi connectivity index (χ2n) is 6.07. The Labute approximate surface area is 120 Å². The van der Waals surface area contributed by atoms with E-state index in [1.807, 2.05) is 0 Å². The molecule has 2 aliphatic rings. The first kappa shape index (κ1) is 13.6.